The summed E-state index contributed by atoms with van der Waals surface area (Å²) in [5, 5.41) is 0. The lowest BCUT2D eigenvalue weighted by molar-refractivity contribution is -0.131. The zero-order valence-corrected chi connectivity index (χ0v) is 20.5. The molecule has 0 aromatic heterocycles. The lowest BCUT2D eigenvalue weighted by atomic mass is 9.99. The number of ether oxygens (including phenoxy) is 3. The van der Waals surface area contributed by atoms with Crippen LogP contribution in [0, 0.1) is 0 Å². The molecule has 0 spiro atoms. The summed E-state index contributed by atoms with van der Waals surface area (Å²) in [5.74, 6) is 1.23. The summed E-state index contributed by atoms with van der Waals surface area (Å²) in [4.78, 5) is 30.2. The Labute approximate surface area is 205 Å². The summed E-state index contributed by atoms with van der Waals surface area (Å²) >= 11 is 0. The van der Waals surface area contributed by atoms with Gasteiger partial charge in [0.15, 0.2) is 11.5 Å². The van der Waals surface area contributed by atoms with Crippen LogP contribution in [-0.4, -0.2) is 50.0 Å². The molecule has 2 amide bonds. The molecule has 3 aromatic rings. The molecule has 182 valence electrons. The van der Waals surface area contributed by atoms with Crippen molar-refractivity contribution in [3.05, 3.63) is 89.0 Å². The van der Waals surface area contributed by atoms with Gasteiger partial charge in [0.1, 0.15) is 0 Å². The summed E-state index contributed by atoms with van der Waals surface area (Å²) in [6.07, 6.45) is 0.113. The number of hydrogen-bond acceptors (Lipinski definition) is 5. The van der Waals surface area contributed by atoms with Crippen molar-refractivity contribution in [2.24, 2.45) is 0 Å². The van der Waals surface area contributed by atoms with Crippen LogP contribution in [0.2, 0.25) is 0 Å². The minimum absolute atomic E-state index is 0.0728. The Kier molecular flexibility index (Phi) is 7.25. The number of hydrogen-bond donors (Lipinski definition) is 0. The van der Waals surface area contributed by atoms with Crippen molar-refractivity contribution in [3.8, 4) is 17.2 Å². The molecule has 0 saturated heterocycles. The van der Waals surface area contributed by atoms with Gasteiger partial charge in [-0.1, -0.05) is 48.5 Å². The normalized spacial score (nSPS) is 13.3. The first-order valence-electron chi connectivity index (χ1n) is 11.4. The molecule has 0 saturated carbocycles. The van der Waals surface area contributed by atoms with Gasteiger partial charge in [0.25, 0.3) is 5.91 Å². The van der Waals surface area contributed by atoms with Crippen molar-refractivity contribution in [2.45, 2.75) is 25.6 Å². The molecule has 0 unspecified atom stereocenters. The lowest BCUT2D eigenvalue weighted by Gasteiger charge is -2.30. The molecule has 7 heteroatoms. The van der Waals surface area contributed by atoms with Gasteiger partial charge in [-0.15, -0.1) is 0 Å². The van der Waals surface area contributed by atoms with Crippen LogP contribution in [0.15, 0.2) is 66.7 Å². The average Bonchev–Trinajstić information content (AvgIpc) is 3.22. The fourth-order valence-electron chi connectivity index (χ4n) is 4.50. The van der Waals surface area contributed by atoms with Gasteiger partial charge >= 0.3 is 0 Å². The highest BCUT2D eigenvalue weighted by Crippen LogP contribution is 2.43. The van der Waals surface area contributed by atoms with Gasteiger partial charge in [0.05, 0.1) is 33.8 Å². The average molecular weight is 475 g/mol. The highest BCUT2D eigenvalue weighted by molar-refractivity contribution is 5.99. The van der Waals surface area contributed by atoms with Crippen molar-refractivity contribution in [1.82, 2.24) is 9.80 Å². The Bertz CT molecular complexity index is 1190. The van der Waals surface area contributed by atoms with Crippen LogP contribution in [0.3, 0.4) is 0 Å². The largest absolute Gasteiger partial charge is 0.493 e. The molecule has 35 heavy (non-hydrogen) atoms. The van der Waals surface area contributed by atoms with Crippen LogP contribution in [-0.2, 0) is 17.9 Å². The topological polar surface area (TPSA) is 68.3 Å². The molecule has 0 radical (unpaired) electrons. The van der Waals surface area contributed by atoms with E-state index < -0.39 is 6.04 Å². The molecule has 1 aliphatic rings. The predicted octanol–water partition coefficient (Wildman–Crippen LogP) is 4.46. The number of rotatable bonds is 9. The minimum atomic E-state index is -0.519. The fraction of sp³-hybridized carbons (Fsp3) is 0.286. The highest BCUT2D eigenvalue weighted by atomic mass is 16.5. The first kappa shape index (κ1) is 24.1. The summed E-state index contributed by atoms with van der Waals surface area (Å²) in [7, 11) is 6.42. The molecule has 0 bridgehead atoms. The molecular weight excluding hydrogens is 444 g/mol. The Morgan fingerprint density at radius 3 is 2.17 bits per heavy atom. The number of carbonyl (C=O) groups is 2. The first-order chi connectivity index (χ1) is 17.0. The zero-order valence-electron chi connectivity index (χ0n) is 20.5. The molecular formula is C28H30N2O5. The molecule has 1 atom stereocenters. The van der Waals surface area contributed by atoms with E-state index in [4.69, 9.17) is 14.2 Å². The van der Waals surface area contributed by atoms with Gasteiger partial charge in [-0.05, 0) is 34.9 Å². The van der Waals surface area contributed by atoms with E-state index in [9.17, 15) is 9.59 Å². The van der Waals surface area contributed by atoms with Crippen molar-refractivity contribution in [2.75, 3.05) is 28.4 Å². The predicted molar refractivity (Wildman–Crippen MR) is 133 cm³/mol. The van der Waals surface area contributed by atoms with Gasteiger partial charge in [-0.2, -0.15) is 0 Å². The summed E-state index contributed by atoms with van der Waals surface area (Å²) in [5.41, 5.74) is 3.38. The van der Waals surface area contributed by atoms with Crippen LogP contribution in [0.4, 0.5) is 0 Å². The maximum Gasteiger partial charge on any atom is 0.255 e. The van der Waals surface area contributed by atoms with Crippen molar-refractivity contribution in [3.63, 3.8) is 0 Å². The van der Waals surface area contributed by atoms with Crippen molar-refractivity contribution < 1.29 is 23.8 Å². The first-order valence-corrected chi connectivity index (χ1v) is 11.4. The maximum atomic E-state index is 13.4. The number of nitrogens with zero attached hydrogens (tertiary/aromatic N) is 2. The van der Waals surface area contributed by atoms with Crippen molar-refractivity contribution >= 4 is 11.8 Å². The third-order valence-corrected chi connectivity index (χ3v) is 6.35. The smallest absolute Gasteiger partial charge is 0.255 e. The van der Waals surface area contributed by atoms with E-state index in [1.807, 2.05) is 66.7 Å². The molecule has 0 aliphatic carbocycles. The van der Waals surface area contributed by atoms with Crippen LogP contribution in [0.5, 0.6) is 17.2 Å². The number of benzene rings is 3. The Morgan fingerprint density at radius 2 is 1.57 bits per heavy atom. The fourth-order valence-corrected chi connectivity index (χ4v) is 4.50. The SMILES string of the molecule is COc1cc([C@@H](CC(=O)N(C)Cc2ccccc2)N2Cc3ccccc3C2=O)cc(OC)c1OC. The molecule has 1 heterocycles. The van der Waals surface area contributed by atoms with Gasteiger partial charge < -0.3 is 24.0 Å². The van der Waals surface area contributed by atoms with Crippen molar-refractivity contribution in [1.29, 1.82) is 0 Å². The number of amides is 2. The second-order valence-corrected chi connectivity index (χ2v) is 8.50. The van der Waals surface area contributed by atoms with E-state index in [1.165, 1.54) is 0 Å². The minimum Gasteiger partial charge on any atom is -0.493 e. The molecule has 0 fully saturated rings. The van der Waals surface area contributed by atoms with Gasteiger partial charge in [-0.3, -0.25) is 9.59 Å². The van der Waals surface area contributed by atoms with Gasteiger partial charge in [0, 0.05) is 25.7 Å². The second kappa shape index (κ2) is 10.5. The van der Waals surface area contributed by atoms with Crippen LogP contribution in [0.25, 0.3) is 0 Å². The van der Waals surface area contributed by atoms with E-state index in [0.717, 1.165) is 16.7 Å². The highest BCUT2D eigenvalue weighted by Gasteiger charge is 2.36. The molecule has 7 nitrogen and oxygen atoms in total. The summed E-state index contributed by atoms with van der Waals surface area (Å²) in [6, 6.07) is 20.5. The Hall–Kier alpha value is -4.00. The van der Waals surface area contributed by atoms with Crippen LogP contribution < -0.4 is 14.2 Å². The molecule has 3 aromatic carbocycles. The molecule has 1 aliphatic heterocycles. The monoisotopic (exact) mass is 474 g/mol. The number of carbonyl (C=O) groups excluding carboxylic acids is 2. The van der Waals surface area contributed by atoms with E-state index in [0.29, 0.717) is 35.9 Å². The lowest BCUT2D eigenvalue weighted by Crippen LogP contribution is -2.35. The van der Waals surface area contributed by atoms with Gasteiger partial charge in [0.2, 0.25) is 11.7 Å². The zero-order chi connectivity index (χ0) is 24.9. The van der Waals surface area contributed by atoms with E-state index in [2.05, 4.69) is 0 Å². The third-order valence-electron chi connectivity index (χ3n) is 6.35. The standard InChI is InChI=1S/C28H30N2O5/c1-29(17-19-10-6-5-7-11-19)26(31)16-23(30-18-20-12-8-9-13-22(20)28(30)32)21-14-24(33-2)27(35-4)25(15-21)34-3/h5-15,23H,16-18H2,1-4H3/t23-/m1/s1. The molecule has 0 N–H and O–H groups in total. The number of methoxy groups -OCH3 is 3. The summed E-state index contributed by atoms with van der Waals surface area (Å²) < 4.78 is 16.6. The van der Waals surface area contributed by atoms with Crippen LogP contribution >= 0.6 is 0 Å². The third kappa shape index (κ3) is 4.94. The Balaban J connectivity index is 1.69. The van der Waals surface area contributed by atoms with E-state index in [1.54, 1.807) is 38.2 Å². The number of fused-ring (bicyclic) bond motifs is 1. The second-order valence-electron chi connectivity index (χ2n) is 8.50. The maximum absolute atomic E-state index is 13.4. The summed E-state index contributed by atoms with van der Waals surface area (Å²) in [6.45, 7) is 0.905. The quantitative estimate of drug-likeness (QED) is 0.458. The molecule has 4 rings (SSSR count). The van der Waals surface area contributed by atoms with E-state index >= 15 is 0 Å². The van der Waals surface area contributed by atoms with Gasteiger partial charge in [-0.25, -0.2) is 0 Å². The Morgan fingerprint density at radius 1 is 0.943 bits per heavy atom. The van der Waals surface area contributed by atoms with Crippen LogP contribution in [0.1, 0.15) is 39.5 Å². The van der Waals surface area contributed by atoms with E-state index in [-0.39, 0.29) is 18.2 Å².